The van der Waals surface area contributed by atoms with Gasteiger partial charge in [-0.3, -0.25) is 0 Å². The predicted molar refractivity (Wildman–Crippen MR) is 239 cm³/mol. The fraction of sp³-hybridized carbons (Fsp3) is 0.500. The number of aryl methyl sites for hydroxylation is 2. The van der Waals surface area contributed by atoms with Crippen molar-refractivity contribution >= 4 is 58.0 Å². The Bertz CT molecular complexity index is 1770. The van der Waals surface area contributed by atoms with Crippen LogP contribution < -0.4 is 9.47 Å². The number of rotatable bonds is 28. The van der Waals surface area contributed by atoms with E-state index in [0.29, 0.717) is 11.5 Å². The molecule has 0 fully saturated rings. The molecule has 0 unspecified atom stereocenters. The molecule has 0 aliphatic heterocycles. The molecule has 0 radical (unpaired) electrons. The summed E-state index contributed by atoms with van der Waals surface area (Å²) in [6.45, 7) is 4.50. The van der Waals surface area contributed by atoms with Crippen LogP contribution in [0.15, 0.2) is 107 Å². The molecule has 0 amide bonds. The summed E-state index contributed by atoms with van der Waals surface area (Å²) in [5.41, 5.74) is 2.29. The van der Waals surface area contributed by atoms with Gasteiger partial charge in [0, 0.05) is 0 Å². The molecule has 0 bridgehead atoms. The molecule has 59 heavy (non-hydrogen) atoms. The summed E-state index contributed by atoms with van der Waals surface area (Å²) in [5, 5.41) is 0. The zero-order valence-corrected chi connectivity index (χ0v) is 39.4. The smallest absolute Gasteiger partial charge is 0.744 e. The number of para-hydroxylation sites is 2. The van der Waals surface area contributed by atoms with Gasteiger partial charge < -0.3 is 18.6 Å². The van der Waals surface area contributed by atoms with Gasteiger partial charge >= 0.3 is 37.7 Å². The third-order valence-corrected chi connectivity index (χ3v) is 11.9. The summed E-state index contributed by atoms with van der Waals surface area (Å²) >= 11 is 0. The Labute approximate surface area is 386 Å². The van der Waals surface area contributed by atoms with E-state index in [-0.39, 0.29) is 47.5 Å². The molecule has 0 heterocycles. The fourth-order valence-electron chi connectivity index (χ4n) is 6.83. The maximum absolute atomic E-state index is 11.0. The zero-order chi connectivity index (χ0) is 41.9. The van der Waals surface area contributed by atoms with Gasteiger partial charge in [-0.05, 0) is 97.5 Å². The second-order valence-corrected chi connectivity index (χ2v) is 17.9. The van der Waals surface area contributed by atoms with Crippen LogP contribution in [0.3, 0.4) is 0 Å². The van der Waals surface area contributed by atoms with Crippen LogP contribution in [0.5, 0.6) is 23.0 Å². The fourth-order valence-corrected chi connectivity index (χ4v) is 7.77. The monoisotopic (exact) mass is 874 g/mol. The van der Waals surface area contributed by atoms with Crippen molar-refractivity contribution in [2.24, 2.45) is 0 Å². The molecule has 0 saturated heterocycles. The summed E-state index contributed by atoms with van der Waals surface area (Å²) < 4.78 is 78.0. The molecule has 0 spiro atoms. The van der Waals surface area contributed by atoms with Crippen molar-refractivity contribution in [1.82, 2.24) is 0 Å². The van der Waals surface area contributed by atoms with Gasteiger partial charge in [0.2, 0.25) is 0 Å². The minimum atomic E-state index is -4.43. The molecule has 4 aromatic rings. The first-order chi connectivity index (χ1) is 28.0. The molecular formula is C48H66CaO8S2. The molecule has 0 aliphatic carbocycles. The summed E-state index contributed by atoms with van der Waals surface area (Å²) in [6.07, 6.45) is 28.1. The maximum Gasteiger partial charge on any atom is 2.00 e. The molecule has 0 aromatic heterocycles. The molecule has 0 aliphatic rings. The average molecular weight is 875 g/mol. The van der Waals surface area contributed by atoms with Crippen molar-refractivity contribution in [3.8, 4) is 23.0 Å². The topological polar surface area (TPSA) is 133 Å². The van der Waals surface area contributed by atoms with Gasteiger partial charge in [0.1, 0.15) is 43.2 Å². The quantitative estimate of drug-likeness (QED) is 0.0313. The van der Waals surface area contributed by atoms with Gasteiger partial charge in [-0.1, -0.05) is 166 Å². The number of hydrogen-bond donors (Lipinski definition) is 0. The minimum Gasteiger partial charge on any atom is -0.744 e. The average Bonchev–Trinajstić information content (AvgIpc) is 3.20. The van der Waals surface area contributed by atoms with E-state index in [1.54, 1.807) is 0 Å². The van der Waals surface area contributed by atoms with Crippen LogP contribution in [-0.4, -0.2) is 63.7 Å². The molecule has 8 nitrogen and oxygen atoms in total. The van der Waals surface area contributed by atoms with Crippen molar-refractivity contribution in [2.75, 3.05) is 0 Å². The van der Waals surface area contributed by atoms with E-state index in [1.807, 2.05) is 36.4 Å². The van der Waals surface area contributed by atoms with Crippen molar-refractivity contribution in [2.45, 2.75) is 165 Å². The molecule has 4 aromatic carbocycles. The maximum atomic E-state index is 11.0. The zero-order valence-electron chi connectivity index (χ0n) is 35.6. The van der Waals surface area contributed by atoms with Crippen LogP contribution in [0, 0.1) is 0 Å². The largest absolute Gasteiger partial charge is 2.00 e. The normalized spacial score (nSPS) is 11.3. The Balaban J connectivity index is 0.000000400. The first kappa shape index (κ1) is 52.7. The molecular weight excluding hydrogens is 809 g/mol. The van der Waals surface area contributed by atoms with Crippen LogP contribution >= 0.6 is 0 Å². The Morgan fingerprint density at radius 2 is 0.661 bits per heavy atom. The second-order valence-electron chi connectivity index (χ2n) is 15.1. The van der Waals surface area contributed by atoms with Gasteiger partial charge in [0.25, 0.3) is 0 Å². The van der Waals surface area contributed by atoms with Gasteiger partial charge in [0.05, 0.1) is 9.79 Å². The molecule has 0 atom stereocenters. The van der Waals surface area contributed by atoms with E-state index < -0.39 is 20.2 Å². The third kappa shape index (κ3) is 22.8. The van der Waals surface area contributed by atoms with Gasteiger partial charge in [0.15, 0.2) is 0 Å². The van der Waals surface area contributed by atoms with E-state index in [4.69, 9.17) is 9.47 Å². The summed E-state index contributed by atoms with van der Waals surface area (Å²) in [4.78, 5) is -0.494. The number of ether oxygens (including phenoxy) is 2. The molecule has 4 rings (SSSR count). The van der Waals surface area contributed by atoms with Crippen molar-refractivity contribution in [3.63, 3.8) is 0 Å². The van der Waals surface area contributed by atoms with Gasteiger partial charge in [-0.2, -0.15) is 0 Å². The van der Waals surface area contributed by atoms with Crippen LogP contribution in [0.25, 0.3) is 0 Å². The molecule has 0 saturated carbocycles. The Hall–Kier alpha value is -2.44. The van der Waals surface area contributed by atoms with Gasteiger partial charge in [-0.25, -0.2) is 16.8 Å². The van der Waals surface area contributed by atoms with Crippen molar-refractivity contribution in [3.05, 3.63) is 108 Å². The molecule has 320 valence electrons. The number of benzene rings is 4. The first-order valence-corrected chi connectivity index (χ1v) is 24.5. The molecule has 0 N–H and O–H groups in total. The van der Waals surface area contributed by atoms with E-state index in [9.17, 15) is 25.9 Å². The van der Waals surface area contributed by atoms with Crippen LogP contribution in [-0.2, 0) is 33.1 Å². The van der Waals surface area contributed by atoms with E-state index in [1.165, 1.54) is 164 Å². The number of hydrogen-bond acceptors (Lipinski definition) is 8. The Morgan fingerprint density at radius 1 is 0.390 bits per heavy atom. The van der Waals surface area contributed by atoms with E-state index >= 15 is 0 Å². The third-order valence-electron chi connectivity index (χ3n) is 10.2. The predicted octanol–water partition coefficient (Wildman–Crippen LogP) is 13.3. The minimum absolute atomic E-state index is 0. The van der Waals surface area contributed by atoms with Crippen molar-refractivity contribution < 1.29 is 35.4 Å². The first-order valence-electron chi connectivity index (χ1n) is 21.6. The van der Waals surface area contributed by atoms with Crippen LogP contribution in [0.2, 0.25) is 0 Å². The van der Waals surface area contributed by atoms with Gasteiger partial charge in [-0.15, -0.1) is 0 Å². The Kier molecular flexibility index (Phi) is 27.3. The second kappa shape index (κ2) is 30.6. The Morgan fingerprint density at radius 3 is 0.949 bits per heavy atom. The summed E-state index contributed by atoms with van der Waals surface area (Å²) in [7, 11) is -8.87. The van der Waals surface area contributed by atoms with Crippen LogP contribution in [0.4, 0.5) is 0 Å². The van der Waals surface area contributed by atoms with E-state index in [2.05, 4.69) is 26.0 Å². The van der Waals surface area contributed by atoms with E-state index in [0.717, 1.165) is 48.3 Å². The standard InChI is InChI=1S/2C24H34O4S.Ca/c2*1-2-3-4-5-6-7-8-9-10-11-14-21-15-12-13-16-24(21)28-22-17-19-23(20-18-22)29(25,26)27;/h2*12-13,15-20H,2-11,14H2,1H3,(H,25,26,27);/q;;+2/p-2. The summed E-state index contributed by atoms with van der Waals surface area (Å²) in [6, 6.07) is 27.0. The number of unbranched alkanes of at least 4 members (excludes halogenated alkanes) is 18. The SMILES string of the molecule is CCCCCCCCCCCCc1ccccc1Oc1ccc(S(=O)(=O)[O-])cc1.CCCCCCCCCCCCc1ccccc1Oc1ccc(S(=O)(=O)[O-])cc1.[Ca+2]. The summed E-state index contributed by atoms with van der Waals surface area (Å²) in [5.74, 6) is 2.60. The molecule has 11 heteroatoms. The van der Waals surface area contributed by atoms with Crippen LogP contribution in [0.1, 0.15) is 153 Å². The van der Waals surface area contributed by atoms with Crippen molar-refractivity contribution in [1.29, 1.82) is 0 Å².